The Hall–Kier alpha value is -3.62. The second-order valence-corrected chi connectivity index (χ2v) is 7.89. The first kappa shape index (κ1) is 22.6. The quantitative estimate of drug-likeness (QED) is 0.368. The van der Waals surface area contributed by atoms with Crippen molar-refractivity contribution in [1.82, 2.24) is 4.98 Å². The van der Waals surface area contributed by atoms with Crippen LogP contribution in [0.15, 0.2) is 54.6 Å². The molecule has 0 aliphatic heterocycles. The summed E-state index contributed by atoms with van der Waals surface area (Å²) in [5.41, 5.74) is -0.873. The summed E-state index contributed by atoms with van der Waals surface area (Å²) in [5.74, 6) is -0.982. The lowest BCUT2D eigenvalue weighted by Gasteiger charge is -2.37. The van der Waals surface area contributed by atoms with E-state index in [1.54, 1.807) is 49.4 Å². The Morgan fingerprint density at radius 3 is 2.45 bits per heavy atom. The first-order valence-electron chi connectivity index (χ1n) is 10.6. The average molecular weight is 457 g/mol. The first-order valence-corrected chi connectivity index (χ1v) is 10.6. The van der Waals surface area contributed by atoms with E-state index in [2.05, 4.69) is 15.6 Å². The highest BCUT2D eigenvalue weighted by molar-refractivity contribution is 6.09. The smallest absolute Gasteiger partial charge is 0.433 e. The Balaban J connectivity index is 1.60. The van der Waals surface area contributed by atoms with Gasteiger partial charge in [0.1, 0.15) is 11.1 Å². The fourth-order valence-corrected chi connectivity index (χ4v) is 3.83. The number of alkyl halides is 3. The van der Waals surface area contributed by atoms with Gasteiger partial charge in [0.05, 0.1) is 17.8 Å². The summed E-state index contributed by atoms with van der Waals surface area (Å²) >= 11 is 0. The highest BCUT2D eigenvalue weighted by Gasteiger charge is 2.52. The molecule has 33 heavy (non-hydrogen) atoms. The number of para-hydroxylation sites is 1. The van der Waals surface area contributed by atoms with Crippen LogP contribution in [0.5, 0.6) is 0 Å². The van der Waals surface area contributed by atoms with E-state index in [0.29, 0.717) is 29.6 Å². The molecular weight excluding hydrogens is 435 g/mol. The number of nitrogens with one attached hydrogen (secondary N) is 2. The van der Waals surface area contributed by atoms with Gasteiger partial charge >= 0.3 is 12.1 Å². The largest absolute Gasteiger partial charge is 0.465 e. The molecule has 4 rings (SSSR count). The molecule has 1 saturated carbocycles. The molecule has 1 aliphatic carbocycles. The third-order valence-corrected chi connectivity index (χ3v) is 5.71. The van der Waals surface area contributed by atoms with Crippen LogP contribution in [0.2, 0.25) is 0 Å². The number of amides is 1. The van der Waals surface area contributed by atoms with Crippen LogP contribution >= 0.6 is 0 Å². The van der Waals surface area contributed by atoms with Gasteiger partial charge in [-0.25, -0.2) is 4.98 Å². The highest BCUT2D eigenvalue weighted by Crippen LogP contribution is 2.43. The van der Waals surface area contributed by atoms with E-state index < -0.39 is 29.2 Å². The van der Waals surface area contributed by atoms with Crippen molar-refractivity contribution >= 4 is 39.8 Å². The molecule has 2 aromatic carbocycles. The molecule has 0 bridgehead atoms. The minimum atomic E-state index is -4.60. The van der Waals surface area contributed by atoms with Crippen molar-refractivity contribution in [2.24, 2.45) is 5.41 Å². The van der Waals surface area contributed by atoms with Crippen molar-refractivity contribution in [1.29, 1.82) is 0 Å². The molecule has 2 N–H and O–H groups in total. The number of carbonyl (C=O) groups is 2. The summed E-state index contributed by atoms with van der Waals surface area (Å²) in [6, 6.07) is 14.0. The minimum Gasteiger partial charge on any atom is -0.465 e. The molecule has 1 heterocycles. The zero-order valence-corrected chi connectivity index (χ0v) is 17.8. The number of ether oxygens (including phenoxy) is 1. The van der Waals surface area contributed by atoms with Crippen molar-refractivity contribution in [3.63, 3.8) is 0 Å². The van der Waals surface area contributed by atoms with Crippen molar-refractivity contribution in [2.45, 2.75) is 32.4 Å². The molecule has 0 saturated heterocycles. The summed E-state index contributed by atoms with van der Waals surface area (Å²) in [4.78, 5) is 28.9. The van der Waals surface area contributed by atoms with Gasteiger partial charge in [-0.2, -0.15) is 13.2 Å². The van der Waals surface area contributed by atoms with E-state index in [1.165, 1.54) is 6.07 Å². The summed E-state index contributed by atoms with van der Waals surface area (Å²) in [5, 5.41) is 6.27. The SMILES string of the molecule is CCOC(=O)C1(C(=O)Nc2cccc(Nc3cc(C(F)(F)F)nc4ccccc34)c2)CCC1. The van der Waals surface area contributed by atoms with Gasteiger partial charge in [-0.1, -0.05) is 30.7 Å². The van der Waals surface area contributed by atoms with Crippen molar-refractivity contribution in [3.8, 4) is 0 Å². The molecular formula is C24H22F3N3O3. The van der Waals surface area contributed by atoms with Gasteiger partial charge in [0.15, 0.2) is 0 Å². The standard InChI is InChI=1S/C24H22F3N3O3/c1-2-33-22(32)23(11-6-12-23)21(31)29-16-8-5-7-15(13-16)28-19-14-20(24(25,26)27)30-18-10-4-3-9-17(18)19/h3-5,7-10,13-14H,2,6,11-12H2,1H3,(H,28,30)(H,29,31). The van der Waals surface area contributed by atoms with Gasteiger partial charge < -0.3 is 15.4 Å². The maximum Gasteiger partial charge on any atom is 0.433 e. The van der Waals surface area contributed by atoms with E-state index in [1.807, 2.05) is 0 Å². The zero-order chi connectivity index (χ0) is 23.6. The lowest BCUT2D eigenvalue weighted by molar-refractivity contribution is -0.165. The molecule has 1 aliphatic rings. The Labute approximate surface area is 188 Å². The molecule has 3 aromatic rings. The second kappa shape index (κ2) is 8.73. The molecule has 0 atom stereocenters. The third-order valence-electron chi connectivity index (χ3n) is 5.71. The van der Waals surface area contributed by atoms with Crippen LogP contribution in [0, 0.1) is 5.41 Å². The van der Waals surface area contributed by atoms with Crippen LogP contribution in [0.3, 0.4) is 0 Å². The summed E-state index contributed by atoms with van der Waals surface area (Å²) in [6.45, 7) is 1.87. The number of benzene rings is 2. The predicted molar refractivity (Wildman–Crippen MR) is 118 cm³/mol. The number of hydrogen-bond donors (Lipinski definition) is 2. The molecule has 172 valence electrons. The number of fused-ring (bicyclic) bond motifs is 1. The van der Waals surface area contributed by atoms with Crippen LogP contribution < -0.4 is 10.6 Å². The zero-order valence-electron chi connectivity index (χ0n) is 17.8. The van der Waals surface area contributed by atoms with Crippen molar-refractivity contribution in [3.05, 3.63) is 60.3 Å². The van der Waals surface area contributed by atoms with Gasteiger partial charge in [0.2, 0.25) is 5.91 Å². The summed E-state index contributed by atoms with van der Waals surface area (Å²) < 4.78 is 45.1. The monoisotopic (exact) mass is 457 g/mol. The Morgan fingerprint density at radius 1 is 1.06 bits per heavy atom. The lowest BCUT2D eigenvalue weighted by atomic mass is 9.68. The third kappa shape index (κ3) is 4.48. The van der Waals surface area contributed by atoms with Gasteiger partial charge in [-0.15, -0.1) is 0 Å². The predicted octanol–water partition coefficient (Wildman–Crippen LogP) is 5.67. The maximum absolute atomic E-state index is 13.3. The van der Waals surface area contributed by atoms with Crippen LogP contribution in [0.1, 0.15) is 31.9 Å². The average Bonchev–Trinajstić information content (AvgIpc) is 2.72. The van der Waals surface area contributed by atoms with Crippen LogP contribution in [-0.4, -0.2) is 23.5 Å². The van der Waals surface area contributed by atoms with Gasteiger partial charge in [0, 0.05) is 16.8 Å². The molecule has 1 aromatic heterocycles. The number of anilines is 3. The molecule has 6 nitrogen and oxygen atoms in total. The summed E-state index contributed by atoms with van der Waals surface area (Å²) in [6.07, 6.45) is -3.01. The van der Waals surface area contributed by atoms with Gasteiger partial charge in [-0.3, -0.25) is 9.59 Å². The summed E-state index contributed by atoms with van der Waals surface area (Å²) in [7, 11) is 0. The van der Waals surface area contributed by atoms with Gasteiger partial charge in [-0.05, 0) is 50.1 Å². The number of esters is 1. The second-order valence-electron chi connectivity index (χ2n) is 7.89. The molecule has 0 spiro atoms. The normalized spacial score (nSPS) is 14.9. The number of pyridine rings is 1. The topological polar surface area (TPSA) is 80.3 Å². The van der Waals surface area contributed by atoms with E-state index in [9.17, 15) is 22.8 Å². The highest BCUT2D eigenvalue weighted by atomic mass is 19.4. The van der Waals surface area contributed by atoms with E-state index in [-0.39, 0.29) is 17.8 Å². The number of nitrogens with zero attached hydrogens (tertiary/aromatic N) is 1. The number of rotatable bonds is 6. The molecule has 9 heteroatoms. The van der Waals surface area contributed by atoms with Crippen molar-refractivity contribution in [2.75, 3.05) is 17.2 Å². The molecule has 1 fully saturated rings. The van der Waals surface area contributed by atoms with E-state index in [0.717, 1.165) is 12.5 Å². The molecule has 0 radical (unpaired) electrons. The van der Waals surface area contributed by atoms with Crippen LogP contribution in [-0.2, 0) is 20.5 Å². The number of carbonyl (C=O) groups excluding carboxylic acids is 2. The Kier molecular flexibility index (Phi) is 5.97. The lowest BCUT2D eigenvalue weighted by Crippen LogP contribution is -2.49. The van der Waals surface area contributed by atoms with Crippen LogP contribution in [0.4, 0.5) is 30.2 Å². The molecule has 0 unspecified atom stereocenters. The first-order chi connectivity index (χ1) is 15.7. The maximum atomic E-state index is 13.3. The van der Waals surface area contributed by atoms with E-state index >= 15 is 0 Å². The fraction of sp³-hybridized carbons (Fsp3) is 0.292. The molecule has 1 amide bonds. The van der Waals surface area contributed by atoms with Crippen LogP contribution in [0.25, 0.3) is 10.9 Å². The Bertz CT molecular complexity index is 1210. The Morgan fingerprint density at radius 2 is 1.79 bits per heavy atom. The minimum absolute atomic E-state index is 0.188. The van der Waals surface area contributed by atoms with Crippen molar-refractivity contribution < 1.29 is 27.5 Å². The fourth-order valence-electron chi connectivity index (χ4n) is 3.83. The van der Waals surface area contributed by atoms with E-state index in [4.69, 9.17) is 4.74 Å². The number of aromatic nitrogens is 1. The number of hydrogen-bond acceptors (Lipinski definition) is 5. The van der Waals surface area contributed by atoms with Gasteiger partial charge in [0.25, 0.3) is 0 Å². The number of halogens is 3.